The van der Waals surface area contributed by atoms with E-state index in [1.807, 2.05) is 0 Å². The van der Waals surface area contributed by atoms with E-state index in [4.69, 9.17) is 0 Å². The van der Waals surface area contributed by atoms with Gasteiger partial charge in [-0.3, -0.25) is 17.7 Å². The van der Waals surface area contributed by atoms with Gasteiger partial charge in [-0.1, -0.05) is 35.4 Å². The Bertz CT molecular complexity index is 945. The first-order valence-electron chi connectivity index (χ1n) is 12.1. The number of halogens is 2. The van der Waals surface area contributed by atoms with E-state index in [0.717, 1.165) is 37.3 Å². The molecule has 3 aromatic carbocycles. The minimum atomic E-state index is 0.916. The van der Waals surface area contributed by atoms with Crippen molar-refractivity contribution in [2.45, 2.75) is 26.2 Å². The van der Waals surface area contributed by atoms with Crippen LogP contribution in [0.1, 0.15) is 22.3 Å². The molecule has 8 heteroatoms. The summed E-state index contributed by atoms with van der Waals surface area (Å²) in [6, 6.07) is 25.0. The van der Waals surface area contributed by atoms with Crippen LogP contribution in [-0.2, 0) is 58.4 Å². The fraction of sp³-hybridized carbons (Fsp3) is 0.400. The molecular formula is C30H40I2N4Pt2. The van der Waals surface area contributed by atoms with Crippen LogP contribution in [0.15, 0.2) is 48.5 Å². The van der Waals surface area contributed by atoms with Crippen LogP contribution in [0.5, 0.6) is 0 Å². The van der Waals surface area contributed by atoms with Gasteiger partial charge in [-0.25, -0.2) is 12.1 Å². The normalized spacial score (nSPS) is 11.0. The van der Waals surface area contributed by atoms with Crippen LogP contribution in [0.4, 0.5) is 0 Å². The third kappa shape index (κ3) is 13.3. The number of rotatable bonds is 10. The molecule has 3 aromatic rings. The van der Waals surface area contributed by atoms with Crippen LogP contribution in [0.3, 0.4) is 0 Å². The van der Waals surface area contributed by atoms with Crippen LogP contribution >= 0.6 is 38.7 Å². The van der Waals surface area contributed by atoms with Crippen LogP contribution in [0, 0.1) is 12.1 Å². The molecule has 0 atom stereocenters. The second kappa shape index (κ2) is 19.5. The molecule has 0 saturated heterocycles. The Kier molecular flexibility index (Phi) is 18.6. The molecule has 0 aromatic heterocycles. The quantitative estimate of drug-likeness (QED) is 0.167. The van der Waals surface area contributed by atoms with E-state index >= 15 is 0 Å². The number of benzene rings is 3. The molecular weight excluding hydrogens is 1060 g/mol. The first kappa shape index (κ1) is 36.4. The summed E-state index contributed by atoms with van der Waals surface area (Å²) in [6.45, 7) is 3.68. The number of hydrogen-bond acceptors (Lipinski definition) is 4. The van der Waals surface area contributed by atoms with Crippen molar-refractivity contribution in [1.29, 1.82) is 0 Å². The fourth-order valence-electron chi connectivity index (χ4n) is 4.38. The van der Waals surface area contributed by atoms with Crippen molar-refractivity contribution in [2.24, 2.45) is 0 Å². The van der Waals surface area contributed by atoms with Crippen molar-refractivity contribution in [3.8, 4) is 22.3 Å². The number of nitrogens with zero attached hydrogens (tertiary/aromatic N) is 4. The van der Waals surface area contributed by atoms with E-state index in [1.165, 1.54) is 33.4 Å². The van der Waals surface area contributed by atoms with E-state index in [1.54, 1.807) is 0 Å². The number of hydrogen-bond donors (Lipinski definition) is 0. The van der Waals surface area contributed by atoms with Gasteiger partial charge in [0.15, 0.2) is 0 Å². The Hall–Kier alpha value is 0.337. The SMILES string of the molecule is CN(C)Cc1cc(CN(C)C)cc(-c2[c-]cc(-c3cc(CN(C)C)cc(CN(C)C)c3)c[c-]2)c1.[I][Pt+].[I][Pt+]. The first-order valence-corrected chi connectivity index (χ1v) is 25.0. The Morgan fingerprint density at radius 1 is 0.474 bits per heavy atom. The van der Waals surface area contributed by atoms with Crippen LogP contribution in [0.25, 0.3) is 22.3 Å². The van der Waals surface area contributed by atoms with Gasteiger partial charge >= 0.3 is 71.0 Å². The first-order chi connectivity index (χ1) is 18.1. The van der Waals surface area contributed by atoms with E-state index in [-0.39, 0.29) is 0 Å². The zero-order valence-electron chi connectivity index (χ0n) is 23.6. The van der Waals surface area contributed by atoms with Crippen LogP contribution in [0.2, 0.25) is 0 Å². The van der Waals surface area contributed by atoms with Gasteiger partial charge in [0.05, 0.1) is 0 Å². The van der Waals surface area contributed by atoms with E-state index in [9.17, 15) is 0 Å². The summed E-state index contributed by atoms with van der Waals surface area (Å²) in [7, 11) is 16.9. The molecule has 0 N–H and O–H groups in total. The Morgan fingerprint density at radius 2 is 0.763 bits per heavy atom. The van der Waals surface area contributed by atoms with Gasteiger partial charge in [0, 0.05) is 26.2 Å². The Labute approximate surface area is 275 Å². The summed E-state index contributed by atoms with van der Waals surface area (Å²) in [4.78, 5) is 8.85. The molecule has 38 heavy (non-hydrogen) atoms. The molecule has 214 valence electrons. The van der Waals surface area contributed by atoms with Crippen molar-refractivity contribution < 1.29 is 32.3 Å². The predicted octanol–water partition coefficient (Wildman–Crippen LogP) is 6.63. The van der Waals surface area contributed by atoms with Crippen molar-refractivity contribution in [1.82, 2.24) is 19.6 Å². The van der Waals surface area contributed by atoms with Crippen molar-refractivity contribution >= 4 is 38.7 Å². The van der Waals surface area contributed by atoms with Crippen molar-refractivity contribution in [3.05, 3.63) is 82.9 Å². The third-order valence-electron chi connectivity index (χ3n) is 5.47. The van der Waals surface area contributed by atoms with Crippen molar-refractivity contribution in [2.75, 3.05) is 56.4 Å². The second-order valence-electron chi connectivity index (χ2n) is 10.4. The van der Waals surface area contributed by atoms with E-state index < -0.39 is 0 Å². The molecule has 0 spiro atoms. The standard InChI is InChI=1S/C30H40N4.2HI.2Pt/c1-31(2)19-23-13-24(20-32(3)4)16-29(15-23)27-9-11-28(12-10-27)30-17-25(21-33(5)6)14-26(18-30)22-34(7)8;;;;/h9-10,13-18H,19-22H2,1-8H3;2*1H;;/q-2;;;2*+2/p-2. The molecule has 0 unspecified atom stereocenters. The summed E-state index contributed by atoms with van der Waals surface area (Å²) in [5.74, 6) is 0. The molecule has 0 heterocycles. The maximum absolute atomic E-state index is 3.53. The molecule has 0 fully saturated rings. The van der Waals surface area contributed by atoms with Gasteiger partial charge in [-0.05, 0) is 67.5 Å². The third-order valence-corrected chi connectivity index (χ3v) is 5.47. The molecule has 0 aliphatic carbocycles. The molecule has 4 nitrogen and oxygen atoms in total. The van der Waals surface area contributed by atoms with Crippen molar-refractivity contribution in [3.63, 3.8) is 0 Å². The zero-order valence-corrected chi connectivity index (χ0v) is 32.5. The summed E-state index contributed by atoms with van der Waals surface area (Å²) >= 11 is 8.46. The molecule has 0 saturated carbocycles. The zero-order chi connectivity index (χ0) is 28.8. The average molecular weight is 1100 g/mol. The second-order valence-corrected chi connectivity index (χ2v) is 10.4. The summed E-state index contributed by atoms with van der Waals surface area (Å²) in [6.07, 6.45) is 0. The monoisotopic (exact) mass is 1100 g/mol. The topological polar surface area (TPSA) is 13.0 Å². The summed E-state index contributed by atoms with van der Waals surface area (Å²) in [5.41, 5.74) is 9.86. The van der Waals surface area contributed by atoms with Gasteiger partial charge in [0.25, 0.3) is 0 Å². The molecule has 0 aliphatic heterocycles. The van der Waals surface area contributed by atoms with Gasteiger partial charge < -0.3 is 19.6 Å². The van der Waals surface area contributed by atoms with Crippen LogP contribution < -0.4 is 0 Å². The molecule has 0 bridgehead atoms. The minimum absolute atomic E-state index is 0.916. The Balaban J connectivity index is 0.00000172. The van der Waals surface area contributed by atoms with Gasteiger partial charge in [-0.15, -0.1) is 17.7 Å². The van der Waals surface area contributed by atoms with Gasteiger partial charge in [-0.2, -0.15) is 11.1 Å². The predicted molar refractivity (Wildman–Crippen MR) is 173 cm³/mol. The summed E-state index contributed by atoms with van der Waals surface area (Å²) in [5, 5.41) is 0. The van der Waals surface area contributed by atoms with E-state index in [0.29, 0.717) is 0 Å². The fourth-order valence-corrected chi connectivity index (χ4v) is 4.38. The molecule has 0 radical (unpaired) electrons. The Morgan fingerprint density at radius 3 is 1.05 bits per heavy atom. The van der Waals surface area contributed by atoms with E-state index in [2.05, 4.69) is 208 Å². The molecule has 0 aliphatic rings. The average Bonchev–Trinajstić information content (AvgIpc) is 2.84. The molecule has 3 rings (SSSR count). The maximum atomic E-state index is 3.53. The van der Waals surface area contributed by atoms with Gasteiger partial charge in [0.2, 0.25) is 0 Å². The molecule has 0 amide bonds. The summed E-state index contributed by atoms with van der Waals surface area (Å²) < 4.78 is 0. The van der Waals surface area contributed by atoms with Gasteiger partial charge in [0.1, 0.15) is 0 Å². The van der Waals surface area contributed by atoms with Crippen LogP contribution in [-0.4, -0.2) is 76.0 Å².